The van der Waals surface area contributed by atoms with Gasteiger partial charge in [0.2, 0.25) is 0 Å². The molecule has 1 aromatic carbocycles. The van der Waals surface area contributed by atoms with Gasteiger partial charge < -0.3 is 0 Å². The van der Waals surface area contributed by atoms with Crippen molar-refractivity contribution in [1.82, 2.24) is 0 Å². The Kier molecular flexibility index (Phi) is 3.04. The third kappa shape index (κ3) is 1.95. The fourth-order valence-electron chi connectivity index (χ4n) is 0.991. The molecule has 0 amide bonds. The maximum absolute atomic E-state index is 12.8. The van der Waals surface area contributed by atoms with Crippen molar-refractivity contribution < 1.29 is 4.39 Å². The summed E-state index contributed by atoms with van der Waals surface area (Å²) in [5.41, 5.74) is 0.935. The fraction of sp³-hybridized carbons (Fsp3) is 0.200. The second-order valence-corrected chi connectivity index (χ2v) is 3.54. The normalized spacial score (nSPS) is 12.6. The Morgan fingerprint density at radius 2 is 2.25 bits per heavy atom. The van der Waals surface area contributed by atoms with E-state index in [1.165, 1.54) is 12.1 Å². The topological polar surface area (TPSA) is 0 Å². The molecule has 0 aliphatic carbocycles. The summed E-state index contributed by atoms with van der Waals surface area (Å²) in [6.07, 6.45) is 1.79. The number of allylic oxidation sites excluding steroid dienone is 1. The van der Waals surface area contributed by atoms with Crippen LogP contribution in [0.2, 0.25) is 0 Å². The second-order valence-electron chi connectivity index (χ2n) is 2.69. The Morgan fingerprint density at radius 3 is 2.83 bits per heavy atom. The third-order valence-corrected chi connectivity index (χ3v) is 2.52. The summed E-state index contributed by atoms with van der Waals surface area (Å²) >= 11 is 3.36. The third-order valence-electron chi connectivity index (χ3n) is 1.80. The monoisotopic (exact) mass is 228 g/mol. The molecule has 12 heavy (non-hydrogen) atoms. The molecule has 1 unspecified atom stereocenters. The molecule has 0 bridgehead atoms. The highest BCUT2D eigenvalue weighted by Crippen LogP contribution is 2.25. The lowest BCUT2D eigenvalue weighted by molar-refractivity contribution is 0.624. The zero-order valence-electron chi connectivity index (χ0n) is 6.85. The van der Waals surface area contributed by atoms with Crippen LogP contribution in [0, 0.1) is 5.82 Å². The molecule has 1 aromatic rings. The number of hydrogen-bond donors (Lipinski definition) is 0. The van der Waals surface area contributed by atoms with E-state index in [9.17, 15) is 4.39 Å². The first kappa shape index (κ1) is 9.46. The van der Waals surface area contributed by atoms with Crippen molar-refractivity contribution in [1.29, 1.82) is 0 Å². The highest BCUT2D eigenvalue weighted by Gasteiger charge is 2.06. The first-order valence-electron chi connectivity index (χ1n) is 3.72. The number of hydrogen-bond acceptors (Lipinski definition) is 0. The lowest BCUT2D eigenvalue weighted by atomic mass is 10.0. The molecule has 1 rings (SSSR count). The molecule has 0 saturated heterocycles. The van der Waals surface area contributed by atoms with Crippen LogP contribution in [0.1, 0.15) is 18.4 Å². The van der Waals surface area contributed by atoms with Crippen LogP contribution in [0.3, 0.4) is 0 Å². The molecule has 0 nitrogen and oxygen atoms in total. The van der Waals surface area contributed by atoms with E-state index in [-0.39, 0.29) is 11.7 Å². The standard InChI is InChI=1S/C10H10BrF/c1-3-7(2)9-6-8(12)4-5-10(9)11/h3-7H,1H2,2H3. The van der Waals surface area contributed by atoms with E-state index >= 15 is 0 Å². The average molecular weight is 229 g/mol. The number of benzene rings is 1. The molecular formula is C10H10BrF. The molecular weight excluding hydrogens is 219 g/mol. The maximum atomic E-state index is 12.8. The summed E-state index contributed by atoms with van der Waals surface area (Å²) in [4.78, 5) is 0. The van der Waals surface area contributed by atoms with E-state index in [0.717, 1.165) is 10.0 Å². The molecule has 0 aliphatic rings. The predicted molar refractivity (Wildman–Crippen MR) is 52.7 cm³/mol. The Bertz CT molecular complexity index is 294. The first-order chi connectivity index (χ1) is 5.65. The summed E-state index contributed by atoms with van der Waals surface area (Å²) in [7, 11) is 0. The smallest absolute Gasteiger partial charge is 0.123 e. The van der Waals surface area contributed by atoms with Gasteiger partial charge in [0.15, 0.2) is 0 Å². The lowest BCUT2D eigenvalue weighted by Gasteiger charge is -2.08. The molecule has 64 valence electrons. The molecule has 0 radical (unpaired) electrons. The zero-order valence-corrected chi connectivity index (χ0v) is 8.44. The molecule has 0 fully saturated rings. The summed E-state index contributed by atoms with van der Waals surface area (Å²) in [6.45, 7) is 5.64. The number of halogens is 2. The molecule has 2 heteroatoms. The van der Waals surface area contributed by atoms with Gasteiger partial charge >= 0.3 is 0 Å². The largest absolute Gasteiger partial charge is 0.207 e. The predicted octanol–water partition coefficient (Wildman–Crippen LogP) is 3.88. The Hall–Kier alpha value is -0.630. The van der Waals surface area contributed by atoms with Crippen molar-refractivity contribution in [2.45, 2.75) is 12.8 Å². The van der Waals surface area contributed by atoms with Crippen molar-refractivity contribution >= 4 is 15.9 Å². The van der Waals surface area contributed by atoms with E-state index < -0.39 is 0 Å². The SMILES string of the molecule is C=CC(C)c1cc(F)ccc1Br. The van der Waals surface area contributed by atoms with Gasteiger partial charge in [0, 0.05) is 4.47 Å². The van der Waals surface area contributed by atoms with Gasteiger partial charge in [-0.15, -0.1) is 6.58 Å². The van der Waals surface area contributed by atoms with Crippen LogP contribution in [0.4, 0.5) is 4.39 Å². The van der Waals surface area contributed by atoms with Crippen LogP contribution in [0.15, 0.2) is 35.3 Å². The van der Waals surface area contributed by atoms with Gasteiger partial charge in [0.05, 0.1) is 0 Å². The Labute approximate surface area is 80.2 Å². The van der Waals surface area contributed by atoms with E-state index in [1.807, 2.05) is 6.92 Å². The fourth-order valence-corrected chi connectivity index (χ4v) is 1.60. The van der Waals surface area contributed by atoms with Crippen molar-refractivity contribution in [3.05, 3.63) is 46.7 Å². The molecule has 0 spiro atoms. The number of rotatable bonds is 2. The summed E-state index contributed by atoms with van der Waals surface area (Å²) in [5.74, 6) is -0.0306. The molecule has 0 aromatic heterocycles. The van der Waals surface area contributed by atoms with Gasteiger partial charge in [-0.1, -0.05) is 28.9 Å². The van der Waals surface area contributed by atoms with E-state index in [2.05, 4.69) is 22.5 Å². The Morgan fingerprint density at radius 1 is 1.58 bits per heavy atom. The van der Waals surface area contributed by atoms with Crippen molar-refractivity contribution in [2.75, 3.05) is 0 Å². The van der Waals surface area contributed by atoms with Crippen molar-refractivity contribution in [3.8, 4) is 0 Å². The van der Waals surface area contributed by atoms with Gasteiger partial charge in [-0.25, -0.2) is 4.39 Å². The molecule has 1 atom stereocenters. The average Bonchev–Trinajstić information content (AvgIpc) is 2.08. The highest BCUT2D eigenvalue weighted by atomic mass is 79.9. The van der Waals surface area contributed by atoms with Crippen LogP contribution in [-0.2, 0) is 0 Å². The minimum atomic E-state index is -0.207. The molecule has 0 N–H and O–H groups in total. The molecule has 0 heterocycles. The minimum absolute atomic E-state index is 0.176. The van der Waals surface area contributed by atoms with Gasteiger partial charge in [-0.05, 0) is 29.7 Å². The van der Waals surface area contributed by atoms with Crippen LogP contribution in [0.5, 0.6) is 0 Å². The van der Waals surface area contributed by atoms with Crippen molar-refractivity contribution in [2.24, 2.45) is 0 Å². The molecule has 0 aliphatic heterocycles. The minimum Gasteiger partial charge on any atom is -0.207 e. The van der Waals surface area contributed by atoms with E-state index in [0.29, 0.717) is 0 Å². The van der Waals surface area contributed by atoms with E-state index in [1.54, 1.807) is 12.1 Å². The molecule has 0 saturated carbocycles. The van der Waals surface area contributed by atoms with Gasteiger partial charge in [0.25, 0.3) is 0 Å². The summed E-state index contributed by atoms with van der Waals surface area (Å²) in [6, 6.07) is 4.67. The maximum Gasteiger partial charge on any atom is 0.123 e. The zero-order chi connectivity index (χ0) is 9.14. The Balaban J connectivity index is 3.12. The van der Waals surface area contributed by atoms with E-state index in [4.69, 9.17) is 0 Å². The highest BCUT2D eigenvalue weighted by molar-refractivity contribution is 9.10. The van der Waals surface area contributed by atoms with Crippen LogP contribution in [0.25, 0.3) is 0 Å². The van der Waals surface area contributed by atoms with Gasteiger partial charge in [-0.2, -0.15) is 0 Å². The van der Waals surface area contributed by atoms with Crippen LogP contribution < -0.4 is 0 Å². The van der Waals surface area contributed by atoms with Gasteiger partial charge in [-0.3, -0.25) is 0 Å². The lowest BCUT2D eigenvalue weighted by Crippen LogP contribution is -1.91. The van der Waals surface area contributed by atoms with Crippen LogP contribution in [-0.4, -0.2) is 0 Å². The first-order valence-corrected chi connectivity index (χ1v) is 4.52. The quantitative estimate of drug-likeness (QED) is 0.675. The summed E-state index contributed by atoms with van der Waals surface area (Å²) < 4.78 is 13.7. The van der Waals surface area contributed by atoms with Crippen LogP contribution >= 0.6 is 15.9 Å². The second kappa shape index (κ2) is 3.85. The van der Waals surface area contributed by atoms with Crippen molar-refractivity contribution in [3.63, 3.8) is 0 Å². The summed E-state index contributed by atoms with van der Waals surface area (Å²) in [5, 5.41) is 0. The van der Waals surface area contributed by atoms with Gasteiger partial charge in [0.1, 0.15) is 5.82 Å².